The van der Waals surface area contributed by atoms with Crippen LogP contribution in [0.1, 0.15) is 53.6 Å². The zero-order valence-corrected chi connectivity index (χ0v) is 13.5. The van der Waals surface area contributed by atoms with Crippen molar-refractivity contribution in [3.63, 3.8) is 0 Å². The molecule has 2 aliphatic rings. The molecule has 0 aromatic heterocycles. The van der Waals surface area contributed by atoms with Crippen LogP contribution in [0.3, 0.4) is 0 Å². The maximum absolute atomic E-state index is 2.71. The van der Waals surface area contributed by atoms with E-state index in [1.807, 2.05) is 0 Å². The van der Waals surface area contributed by atoms with E-state index in [9.17, 15) is 0 Å². The van der Waals surface area contributed by atoms with Gasteiger partial charge in [0.25, 0.3) is 0 Å². The predicted octanol–water partition coefficient (Wildman–Crippen LogP) is 4.68. The van der Waals surface area contributed by atoms with Crippen LogP contribution in [0.4, 0.5) is 0 Å². The van der Waals surface area contributed by atoms with Crippen molar-refractivity contribution in [1.82, 2.24) is 4.90 Å². The van der Waals surface area contributed by atoms with Gasteiger partial charge in [-0.2, -0.15) is 0 Å². The van der Waals surface area contributed by atoms with Crippen molar-refractivity contribution in [3.05, 3.63) is 70.3 Å². The highest BCUT2D eigenvalue weighted by atomic mass is 15.2. The van der Waals surface area contributed by atoms with E-state index in [2.05, 4.69) is 54.3 Å². The zero-order valence-electron chi connectivity index (χ0n) is 13.5. The molecule has 1 aliphatic carbocycles. The molecule has 0 fully saturated rings. The third-order valence-electron chi connectivity index (χ3n) is 5.40. The molecule has 0 bridgehead atoms. The molecule has 1 nitrogen and oxygen atoms in total. The van der Waals surface area contributed by atoms with Crippen molar-refractivity contribution in [1.29, 1.82) is 0 Å². The van der Waals surface area contributed by atoms with Crippen LogP contribution in [0.25, 0.3) is 0 Å². The summed E-state index contributed by atoms with van der Waals surface area (Å²) < 4.78 is 0. The average molecular weight is 291 g/mol. The van der Waals surface area contributed by atoms with E-state index in [4.69, 9.17) is 0 Å². The number of rotatable bonds is 3. The lowest BCUT2D eigenvalue weighted by Crippen LogP contribution is -2.33. The van der Waals surface area contributed by atoms with E-state index in [0.717, 1.165) is 6.54 Å². The molecule has 0 spiro atoms. The van der Waals surface area contributed by atoms with E-state index in [1.165, 1.54) is 49.8 Å². The quantitative estimate of drug-likeness (QED) is 0.793. The zero-order chi connectivity index (χ0) is 14.9. The number of aryl methyl sites for hydroxylation is 2. The van der Waals surface area contributed by atoms with Crippen molar-refractivity contribution < 1.29 is 0 Å². The number of hydrogen-bond donors (Lipinski definition) is 0. The first-order valence-electron chi connectivity index (χ1n) is 8.77. The second-order valence-corrected chi connectivity index (χ2v) is 6.83. The molecular formula is C21H25N. The van der Waals surface area contributed by atoms with Gasteiger partial charge in [0, 0.05) is 19.1 Å². The Morgan fingerprint density at radius 3 is 2.73 bits per heavy atom. The normalized spacial score (nSPS) is 20.7. The van der Waals surface area contributed by atoms with Crippen molar-refractivity contribution in [3.8, 4) is 0 Å². The highest BCUT2D eigenvalue weighted by Crippen LogP contribution is 2.38. The summed E-state index contributed by atoms with van der Waals surface area (Å²) in [6.07, 6.45) is 6.21. The maximum Gasteiger partial charge on any atom is 0.0357 e. The Bertz CT molecular complexity index is 673. The molecule has 0 saturated heterocycles. The largest absolute Gasteiger partial charge is 0.292 e. The van der Waals surface area contributed by atoms with Crippen LogP contribution >= 0.6 is 0 Å². The van der Waals surface area contributed by atoms with Gasteiger partial charge in [0.05, 0.1) is 0 Å². The van der Waals surface area contributed by atoms with Crippen molar-refractivity contribution in [2.45, 2.75) is 51.6 Å². The molecule has 1 atom stereocenters. The summed E-state index contributed by atoms with van der Waals surface area (Å²) in [6.45, 7) is 4.60. The Kier molecular flexibility index (Phi) is 3.75. The van der Waals surface area contributed by atoms with Crippen LogP contribution in [0.15, 0.2) is 42.5 Å². The Morgan fingerprint density at radius 1 is 1.00 bits per heavy atom. The highest BCUT2D eigenvalue weighted by molar-refractivity contribution is 5.39. The van der Waals surface area contributed by atoms with Gasteiger partial charge in [0.15, 0.2) is 0 Å². The van der Waals surface area contributed by atoms with Gasteiger partial charge >= 0.3 is 0 Å². The van der Waals surface area contributed by atoms with E-state index < -0.39 is 0 Å². The Labute approximate surface area is 134 Å². The second kappa shape index (κ2) is 5.89. The first-order valence-corrected chi connectivity index (χ1v) is 8.77. The van der Waals surface area contributed by atoms with Crippen molar-refractivity contribution in [2.75, 3.05) is 6.54 Å². The molecule has 0 N–H and O–H groups in total. The number of hydrogen-bond acceptors (Lipinski definition) is 1. The van der Waals surface area contributed by atoms with Crippen LogP contribution in [-0.4, -0.2) is 11.4 Å². The molecule has 2 aromatic rings. The van der Waals surface area contributed by atoms with Gasteiger partial charge < -0.3 is 0 Å². The molecule has 22 heavy (non-hydrogen) atoms. The highest BCUT2D eigenvalue weighted by Gasteiger charge is 2.30. The molecule has 1 heteroatoms. The van der Waals surface area contributed by atoms with Gasteiger partial charge in [-0.1, -0.05) is 55.8 Å². The summed E-state index contributed by atoms with van der Waals surface area (Å²) in [5, 5.41) is 0. The maximum atomic E-state index is 2.71. The molecule has 1 aliphatic heterocycles. The average Bonchev–Trinajstić information content (AvgIpc) is 2.98. The Hall–Kier alpha value is -1.60. The second-order valence-electron chi connectivity index (χ2n) is 6.83. The van der Waals surface area contributed by atoms with Gasteiger partial charge in [-0.3, -0.25) is 4.90 Å². The first kappa shape index (κ1) is 14.0. The monoisotopic (exact) mass is 291 g/mol. The summed E-state index contributed by atoms with van der Waals surface area (Å²) in [6, 6.07) is 16.8. The minimum Gasteiger partial charge on any atom is -0.292 e. The molecular weight excluding hydrogens is 266 g/mol. The molecule has 1 unspecified atom stereocenters. The van der Waals surface area contributed by atoms with Crippen molar-refractivity contribution in [2.24, 2.45) is 0 Å². The first-order chi connectivity index (χ1) is 10.8. The number of nitrogens with zero attached hydrogens (tertiary/aromatic N) is 1. The Morgan fingerprint density at radius 2 is 1.86 bits per heavy atom. The Balaban J connectivity index is 1.60. The van der Waals surface area contributed by atoms with E-state index >= 15 is 0 Å². The molecule has 2 aromatic carbocycles. The molecule has 0 radical (unpaired) electrons. The summed E-state index contributed by atoms with van der Waals surface area (Å²) in [5.74, 6) is 0. The third-order valence-corrected chi connectivity index (χ3v) is 5.40. The fraction of sp³-hybridized carbons (Fsp3) is 0.429. The van der Waals surface area contributed by atoms with Crippen LogP contribution < -0.4 is 0 Å². The summed E-state index contributed by atoms with van der Waals surface area (Å²) >= 11 is 0. The van der Waals surface area contributed by atoms with Crippen molar-refractivity contribution >= 4 is 0 Å². The fourth-order valence-electron chi connectivity index (χ4n) is 4.24. The smallest absolute Gasteiger partial charge is 0.0357 e. The minimum absolute atomic E-state index is 0.639. The molecule has 0 amide bonds. The third kappa shape index (κ3) is 2.48. The van der Waals surface area contributed by atoms with Gasteiger partial charge in [0.2, 0.25) is 0 Å². The van der Waals surface area contributed by atoms with Gasteiger partial charge in [-0.15, -0.1) is 0 Å². The van der Waals surface area contributed by atoms with Crippen LogP contribution in [0.5, 0.6) is 0 Å². The predicted molar refractivity (Wildman–Crippen MR) is 92.1 cm³/mol. The van der Waals surface area contributed by atoms with Gasteiger partial charge in [0.1, 0.15) is 0 Å². The SMILES string of the molecule is CCCc1ccc2c(c1)C(N1CCc3ccccc3C1)CC2. The van der Waals surface area contributed by atoms with E-state index in [1.54, 1.807) is 16.7 Å². The van der Waals surface area contributed by atoms with Crippen LogP contribution in [0, 0.1) is 0 Å². The van der Waals surface area contributed by atoms with Gasteiger partial charge in [-0.25, -0.2) is 0 Å². The number of fused-ring (bicyclic) bond motifs is 2. The topological polar surface area (TPSA) is 3.24 Å². The van der Waals surface area contributed by atoms with Crippen LogP contribution in [0.2, 0.25) is 0 Å². The lowest BCUT2D eigenvalue weighted by molar-refractivity contribution is 0.179. The standard InChI is InChI=1S/C21H25N/c1-2-5-16-8-9-18-10-11-21(20(18)14-16)22-13-12-17-6-3-4-7-19(17)15-22/h3-4,6-9,14,21H,2,5,10-13,15H2,1H3. The van der Waals surface area contributed by atoms with E-state index in [0.29, 0.717) is 6.04 Å². The van der Waals surface area contributed by atoms with Crippen LogP contribution in [-0.2, 0) is 25.8 Å². The van der Waals surface area contributed by atoms with Gasteiger partial charge in [-0.05, 0) is 53.5 Å². The molecule has 1 heterocycles. The number of benzene rings is 2. The molecule has 4 rings (SSSR count). The lowest BCUT2D eigenvalue weighted by Gasteiger charge is -2.34. The van der Waals surface area contributed by atoms with E-state index in [-0.39, 0.29) is 0 Å². The summed E-state index contributed by atoms with van der Waals surface area (Å²) in [4.78, 5) is 2.71. The molecule has 0 saturated carbocycles. The minimum atomic E-state index is 0.639. The lowest BCUT2D eigenvalue weighted by atomic mass is 9.96. The fourth-order valence-corrected chi connectivity index (χ4v) is 4.24. The summed E-state index contributed by atoms with van der Waals surface area (Å²) in [7, 11) is 0. The summed E-state index contributed by atoms with van der Waals surface area (Å²) in [5.41, 5.74) is 7.81. The molecule has 114 valence electrons.